The van der Waals surface area contributed by atoms with Crippen LogP contribution in [-0.2, 0) is 0 Å². The summed E-state index contributed by atoms with van der Waals surface area (Å²) in [6.45, 7) is 3.37. The van der Waals surface area contributed by atoms with Crippen molar-refractivity contribution in [3.05, 3.63) is 0 Å². The first-order valence-corrected chi connectivity index (χ1v) is 5.80. The minimum atomic E-state index is -4.33. The predicted octanol–water partition coefficient (Wildman–Crippen LogP) is 2.18. The van der Waals surface area contributed by atoms with E-state index in [2.05, 4.69) is 19.1 Å². The van der Waals surface area contributed by atoms with Crippen molar-refractivity contribution in [1.29, 1.82) is 0 Å². The van der Waals surface area contributed by atoms with Gasteiger partial charge in [-0.3, -0.25) is 0 Å². The van der Waals surface area contributed by atoms with E-state index in [4.69, 9.17) is 5.73 Å². The molecule has 2 N–H and O–H groups in total. The number of hydrogen-bond acceptors (Lipinski definition) is 2. The first kappa shape index (κ1) is 13.7. The van der Waals surface area contributed by atoms with Crippen LogP contribution in [0.25, 0.3) is 0 Å². The molecule has 0 bridgehead atoms. The fourth-order valence-corrected chi connectivity index (χ4v) is 2.27. The number of thiocarbonyl (C=S) groups is 1. The van der Waals surface area contributed by atoms with Gasteiger partial charge in [-0.25, -0.2) is 0 Å². The lowest BCUT2D eigenvalue weighted by Gasteiger charge is -2.33. The van der Waals surface area contributed by atoms with Crippen LogP contribution in [0.4, 0.5) is 13.2 Å². The van der Waals surface area contributed by atoms with Crippen molar-refractivity contribution in [3.63, 3.8) is 0 Å². The van der Waals surface area contributed by atoms with E-state index in [1.54, 1.807) is 0 Å². The first-order chi connectivity index (χ1) is 7.30. The van der Waals surface area contributed by atoms with E-state index in [1.165, 1.54) is 0 Å². The molecule has 0 aliphatic carbocycles. The molecular weight excluding hydrogens is 237 g/mol. The van der Waals surface area contributed by atoms with E-state index in [9.17, 15) is 13.2 Å². The van der Waals surface area contributed by atoms with Crippen molar-refractivity contribution in [2.24, 2.45) is 17.6 Å². The van der Waals surface area contributed by atoms with Gasteiger partial charge >= 0.3 is 6.18 Å². The molecule has 1 saturated heterocycles. The van der Waals surface area contributed by atoms with Gasteiger partial charge in [0.15, 0.2) is 0 Å². The van der Waals surface area contributed by atoms with Crippen LogP contribution in [-0.4, -0.2) is 35.7 Å². The maximum atomic E-state index is 12.6. The second kappa shape index (κ2) is 5.31. The van der Waals surface area contributed by atoms with E-state index in [-0.39, 0.29) is 6.54 Å². The Morgan fingerprint density at radius 1 is 1.56 bits per heavy atom. The summed E-state index contributed by atoms with van der Waals surface area (Å²) < 4.78 is 37.9. The lowest BCUT2D eigenvalue weighted by atomic mass is 9.98. The summed E-state index contributed by atoms with van der Waals surface area (Å²) in [5.74, 6) is -1.22. The Kier molecular flexibility index (Phi) is 4.55. The predicted molar refractivity (Wildman–Crippen MR) is 61.2 cm³/mol. The second-order valence-electron chi connectivity index (χ2n) is 4.50. The molecule has 2 atom stereocenters. The van der Waals surface area contributed by atoms with Gasteiger partial charge in [0.05, 0.1) is 4.99 Å². The lowest BCUT2D eigenvalue weighted by molar-refractivity contribution is -0.160. The molecule has 16 heavy (non-hydrogen) atoms. The standard InChI is InChI=1S/C10H17F3N2S/c1-7-3-2-4-15(5-7)6-8(9(14)16)10(11,12)13/h7-8H,2-6H2,1H3,(H2,14,16). The van der Waals surface area contributed by atoms with Crippen molar-refractivity contribution in [1.82, 2.24) is 4.90 Å². The van der Waals surface area contributed by atoms with Gasteiger partial charge in [-0.15, -0.1) is 0 Å². The minimum Gasteiger partial charge on any atom is -0.393 e. The second-order valence-corrected chi connectivity index (χ2v) is 4.97. The molecule has 2 nitrogen and oxygen atoms in total. The number of halogens is 3. The molecule has 0 amide bonds. The Morgan fingerprint density at radius 3 is 2.62 bits per heavy atom. The zero-order valence-corrected chi connectivity index (χ0v) is 10.1. The van der Waals surface area contributed by atoms with E-state index in [1.807, 2.05) is 4.90 Å². The molecule has 0 spiro atoms. The van der Waals surface area contributed by atoms with E-state index >= 15 is 0 Å². The number of piperidine rings is 1. The molecule has 0 aromatic carbocycles. The normalized spacial score (nSPS) is 25.4. The minimum absolute atomic E-state index is 0.0941. The quantitative estimate of drug-likeness (QED) is 0.783. The summed E-state index contributed by atoms with van der Waals surface area (Å²) in [4.78, 5) is 1.36. The molecule has 0 saturated carbocycles. The van der Waals surface area contributed by atoms with Gasteiger partial charge in [-0.05, 0) is 25.3 Å². The average molecular weight is 254 g/mol. The van der Waals surface area contributed by atoms with Crippen LogP contribution in [0.5, 0.6) is 0 Å². The van der Waals surface area contributed by atoms with E-state index in [0.717, 1.165) is 12.8 Å². The van der Waals surface area contributed by atoms with Crippen molar-refractivity contribution in [2.75, 3.05) is 19.6 Å². The van der Waals surface area contributed by atoms with Crippen molar-refractivity contribution >= 4 is 17.2 Å². The summed E-state index contributed by atoms with van der Waals surface area (Å²) in [6, 6.07) is 0. The largest absolute Gasteiger partial charge is 0.399 e. The molecule has 1 heterocycles. The lowest BCUT2D eigenvalue weighted by Crippen LogP contribution is -2.46. The van der Waals surface area contributed by atoms with Gasteiger partial charge in [-0.1, -0.05) is 19.1 Å². The monoisotopic (exact) mass is 254 g/mol. The third kappa shape index (κ3) is 3.90. The molecule has 1 rings (SSSR count). The first-order valence-electron chi connectivity index (χ1n) is 5.39. The Bertz CT molecular complexity index is 255. The van der Waals surface area contributed by atoms with Crippen LogP contribution in [0.2, 0.25) is 0 Å². The fraction of sp³-hybridized carbons (Fsp3) is 0.900. The van der Waals surface area contributed by atoms with Crippen LogP contribution in [0.3, 0.4) is 0 Å². The number of nitrogens with two attached hydrogens (primary N) is 1. The van der Waals surface area contributed by atoms with Gasteiger partial charge in [-0.2, -0.15) is 13.2 Å². The highest BCUT2D eigenvalue weighted by Crippen LogP contribution is 2.28. The summed E-state index contributed by atoms with van der Waals surface area (Å²) in [5.41, 5.74) is 5.16. The highest BCUT2D eigenvalue weighted by molar-refractivity contribution is 7.80. The van der Waals surface area contributed by atoms with E-state index < -0.39 is 17.1 Å². The van der Waals surface area contributed by atoms with Crippen molar-refractivity contribution in [3.8, 4) is 0 Å². The Labute approximate surface area is 99.0 Å². The maximum Gasteiger partial charge on any atom is 0.399 e. The molecule has 6 heteroatoms. The van der Waals surface area contributed by atoms with Gasteiger partial charge < -0.3 is 10.6 Å². The van der Waals surface area contributed by atoms with Gasteiger partial charge in [0.25, 0.3) is 0 Å². The molecular formula is C10H17F3N2S. The van der Waals surface area contributed by atoms with Gasteiger partial charge in [0.1, 0.15) is 5.92 Å². The molecule has 2 unspecified atom stereocenters. The number of likely N-dealkylation sites (tertiary alicyclic amines) is 1. The Morgan fingerprint density at radius 2 is 2.19 bits per heavy atom. The van der Waals surface area contributed by atoms with Gasteiger partial charge in [0.2, 0.25) is 0 Å². The molecule has 94 valence electrons. The number of hydrogen-bond donors (Lipinski definition) is 1. The molecule has 1 aliphatic rings. The zero-order chi connectivity index (χ0) is 12.3. The Balaban J connectivity index is 2.58. The highest BCUT2D eigenvalue weighted by Gasteiger charge is 2.42. The third-order valence-corrected chi connectivity index (χ3v) is 3.20. The van der Waals surface area contributed by atoms with Gasteiger partial charge in [0, 0.05) is 13.1 Å². The van der Waals surface area contributed by atoms with Crippen molar-refractivity contribution in [2.45, 2.75) is 25.9 Å². The Hall–Kier alpha value is -0.360. The molecule has 1 fully saturated rings. The fourth-order valence-electron chi connectivity index (χ4n) is 2.07. The zero-order valence-electron chi connectivity index (χ0n) is 9.26. The molecule has 0 aromatic rings. The summed E-state index contributed by atoms with van der Waals surface area (Å²) in [6.07, 6.45) is -2.30. The van der Waals surface area contributed by atoms with Crippen LogP contribution >= 0.6 is 12.2 Å². The number of rotatable bonds is 3. The number of alkyl halides is 3. The highest BCUT2D eigenvalue weighted by atomic mass is 32.1. The SMILES string of the molecule is CC1CCCN(CC(C(N)=S)C(F)(F)F)C1. The maximum absolute atomic E-state index is 12.6. The number of nitrogens with zero attached hydrogens (tertiary/aromatic N) is 1. The van der Waals surface area contributed by atoms with Crippen LogP contribution < -0.4 is 5.73 Å². The smallest absolute Gasteiger partial charge is 0.393 e. The molecule has 0 aromatic heterocycles. The average Bonchev–Trinajstić information content (AvgIpc) is 2.12. The summed E-state index contributed by atoms with van der Waals surface area (Å²) in [5, 5.41) is 0. The summed E-state index contributed by atoms with van der Waals surface area (Å²) in [7, 11) is 0. The topological polar surface area (TPSA) is 29.3 Å². The van der Waals surface area contributed by atoms with Crippen LogP contribution in [0, 0.1) is 11.8 Å². The molecule has 0 radical (unpaired) electrons. The van der Waals surface area contributed by atoms with E-state index in [0.29, 0.717) is 19.0 Å². The van der Waals surface area contributed by atoms with Crippen LogP contribution in [0.15, 0.2) is 0 Å². The third-order valence-electron chi connectivity index (χ3n) is 2.92. The molecule has 1 aliphatic heterocycles. The summed E-state index contributed by atoms with van der Waals surface area (Å²) >= 11 is 4.49. The van der Waals surface area contributed by atoms with Crippen molar-refractivity contribution < 1.29 is 13.2 Å². The van der Waals surface area contributed by atoms with Crippen LogP contribution in [0.1, 0.15) is 19.8 Å².